The Bertz CT molecular complexity index is 325. The van der Waals surface area contributed by atoms with E-state index in [1.807, 2.05) is 25.3 Å². The Balaban J connectivity index is 3.08. The number of pyridine rings is 1. The van der Waals surface area contributed by atoms with Crippen LogP contribution in [-0.4, -0.2) is 17.7 Å². The molecule has 0 aliphatic carbocycles. The summed E-state index contributed by atoms with van der Waals surface area (Å²) >= 11 is 0. The van der Waals surface area contributed by atoms with Crippen LogP contribution in [0, 0.1) is 6.92 Å². The topological polar surface area (TPSA) is 60.2 Å². The first-order valence-electron chi connectivity index (χ1n) is 6.07. The third kappa shape index (κ3) is 2.83. The molecule has 0 fully saturated rings. The van der Waals surface area contributed by atoms with Crippen LogP contribution in [0.1, 0.15) is 44.0 Å². The fraction of sp³-hybridized carbons (Fsp3) is 0.615. The van der Waals surface area contributed by atoms with E-state index in [4.69, 9.17) is 10.6 Å². The van der Waals surface area contributed by atoms with Gasteiger partial charge in [-0.2, -0.15) is 0 Å². The second kappa shape index (κ2) is 6.10. The van der Waals surface area contributed by atoms with Gasteiger partial charge in [-0.15, -0.1) is 0 Å². The molecule has 0 saturated heterocycles. The van der Waals surface area contributed by atoms with Crippen molar-refractivity contribution in [2.24, 2.45) is 5.84 Å². The van der Waals surface area contributed by atoms with Gasteiger partial charge in [-0.1, -0.05) is 19.9 Å². The van der Waals surface area contributed by atoms with Gasteiger partial charge >= 0.3 is 0 Å². The Labute approximate surface area is 104 Å². The summed E-state index contributed by atoms with van der Waals surface area (Å²) in [5.41, 5.74) is 4.64. The van der Waals surface area contributed by atoms with Gasteiger partial charge in [0.1, 0.15) is 0 Å². The smallest absolute Gasteiger partial charge is 0.0880 e. The van der Waals surface area contributed by atoms with E-state index >= 15 is 0 Å². The average Bonchev–Trinajstić information content (AvgIpc) is 2.38. The van der Waals surface area contributed by atoms with Gasteiger partial charge in [0.2, 0.25) is 0 Å². The summed E-state index contributed by atoms with van der Waals surface area (Å²) in [5, 5.41) is 0. The van der Waals surface area contributed by atoms with Gasteiger partial charge < -0.3 is 4.74 Å². The molecule has 1 aromatic rings. The standard InChI is InChI=1S/C13H23N3O/c1-5-13(6-2,17-4)12(16-14)11-8-7-10(3)15-9-11/h7-9,12,16H,5-6,14H2,1-4H3. The molecular weight excluding hydrogens is 214 g/mol. The predicted molar refractivity (Wildman–Crippen MR) is 69.4 cm³/mol. The molecule has 1 atom stereocenters. The molecule has 17 heavy (non-hydrogen) atoms. The lowest BCUT2D eigenvalue weighted by Gasteiger charge is -2.38. The Morgan fingerprint density at radius 2 is 2.06 bits per heavy atom. The van der Waals surface area contributed by atoms with Gasteiger partial charge in [0.15, 0.2) is 0 Å². The van der Waals surface area contributed by atoms with Crippen molar-refractivity contribution < 1.29 is 4.74 Å². The minimum Gasteiger partial charge on any atom is -0.376 e. The molecule has 0 radical (unpaired) electrons. The van der Waals surface area contributed by atoms with Gasteiger partial charge in [0, 0.05) is 19.0 Å². The first kappa shape index (κ1) is 14.1. The first-order valence-corrected chi connectivity index (χ1v) is 6.07. The van der Waals surface area contributed by atoms with Crippen molar-refractivity contribution >= 4 is 0 Å². The third-order valence-corrected chi connectivity index (χ3v) is 3.56. The van der Waals surface area contributed by atoms with Crippen LogP contribution in [0.25, 0.3) is 0 Å². The zero-order chi connectivity index (χ0) is 12.9. The molecule has 0 saturated carbocycles. The fourth-order valence-electron chi connectivity index (χ4n) is 2.27. The van der Waals surface area contributed by atoms with Crippen LogP contribution in [0.5, 0.6) is 0 Å². The lowest BCUT2D eigenvalue weighted by Crippen LogP contribution is -2.47. The minimum absolute atomic E-state index is 0.0457. The number of hydrogen-bond donors (Lipinski definition) is 2. The highest BCUT2D eigenvalue weighted by Crippen LogP contribution is 2.34. The molecule has 1 unspecified atom stereocenters. The van der Waals surface area contributed by atoms with Gasteiger partial charge in [-0.25, -0.2) is 0 Å². The van der Waals surface area contributed by atoms with Crippen molar-refractivity contribution in [3.05, 3.63) is 29.6 Å². The van der Waals surface area contributed by atoms with Gasteiger partial charge in [-0.3, -0.25) is 16.3 Å². The Morgan fingerprint density at radius 1 is 1.41 bits per heavy atom. The van der Waals surface area contributed by atoms with E-state index in [-0.39, 0.29) is 11.6 Å². The monoisotopic (exact) mass is 237 g/mol. The zero-order valence-electron chi connectivity index (χ0n) is 11.2. The van der Waals surface area contributed by atoms with Crippen LogP contribution >= 0.6 is 0 Å². The number of aryl methyl sites for hydroxylation is 1. The Morgan fingerprint density at radius 3 is 2.41 bits per heavy atom. The summed E-state index contributed by atoms with van der Waals surface area (Å²) in [6.07, 6.45) is 3.64. The maximum atomic E-state index is 5.70. The molecule has 0 spiro atoms. The number of nitrogens with two attached hydrogens (primary N) is 1. The van der Waals surface area contributed by atoms with E-state index in [0.29, 0.717) is 0 Å². The van der Waals surface area contributed by atoms with Crippen LogP contribution in [-0.2, 0) is 4.74 Å². The SMILES string of the molecule is CCC(CC)(OC)C(NN)c1ccc(C)nc1. The highest BCUT2D eigenvalue weighted by Gasteiger charge is 2.36. The summed E-state index contributed by atoms with van der Waals surface area (Å²) in [6, 6.07) is 3.99. The van der Waals surface area contributed by atoms with Crippen LogP contribution < -0.4 is 11.3 Å². The lowest BCUT2D eigenvalue weighted by atomic mass is 9.84. The molecule has 4 heteroatoms. The molecule has 3 N–H and O–H groups in total. The number of nitrogens with zero attached hydrogens (tertiary/aromatic N) is 1. The molecule has 0 aliphatic heterocycles. The van der Waals surface area contributed by atoms with Gasteiger partial charge in [0.25, 0.3) is 0 Å². The first-order chi connectivity index (χ1) is 8.13. The number of aromatic nitrogens is 1. The summed E-state index contributed by atoms with van der Waals surface area (Å²) in [4.78, 5) is 4.31. The predicted octanol–water partition coefficient (Wildman–Crippen LogP) is 2.10. The minimum atomic E-state index is -0.286. The van der Waals surface area contributed by atoms with Crippen LogP contribution in [0.4, 0.5) is 0 Å². The molecule has 0 bridgehead atoms. The summed E-state index contributed by atoms with van der Waals surface area (Å²) in [5.74, 6) is 5.70. The van der Waals surface area contributed by atoms with Crippen molar-refractivity contribution in [1.29, 1.82) is 0 Å². The lowest BCUT2D eigenvalue weighted by molar-refractivity contribution is -0.0487. The average molecular weight is 237 g/mol. The normalized spacial score (nSPS) is 13.7. The van der Waals surface area contributed by atoms with Crippen molar-refractivity contribution in [2.45, 2.75) is 45.3 Å². The maximum absolute atomic E-state index is 5.70. The van der Waals surface area contributed by atoms with E-state index in [0.717, 1.165) is 24.1 Å². The highest BCUT2D eigenvalue weighted by atomic mass is 16.5. The third-order valence-electron chi connectivity index (χ3n) is 3.56. The van der Waals surface area contributed by atoms with E-state index in [9.17, 15) is 0 Å². The highest BCUT2D eigenvalue weighted by molar-refractivity contribution is 5.20. The molecule has 4 nitrogen and oxygen atoms in total. The molecule has 1 aromatic heterocycles. The molecule has 1 rings (SSSR count). The molecular formula is C13H23N3O. The molecule has 1 heterocycles. The Kier molecular flexibility index (Phi) is 5.05. The molecule has 0 amide bonds. The largest absolute Gasteiger partial charge is 0.376 e. The summed E-state index contributed by atoms with van der Waals surface area (Å²) in [7, 11) is 1.74. The molecule has 0 aliphatic rings. The number of rotatable bonds is 6. The Hall–Kier alpha value is -0.970. The summed E-state index contributed by atoms with van der Waals surface area (Å²) in [6.45, 7) is 6.19. The van der Waals surface area contributed by atoms with Gasteiger partial charge in [0.05, 0.1) is 11.6 Å². The second-order valence-electron chi connectivity index (χ2n) is 4.31. The zero-order valence-corrected chi connectivity index (χ0v) is 11.2. The fourth-order valence-corrected chi connectivity index (χ4v) is 2.27. The van der Waals surface area contributed by atoms with Crippen LogP contribution in [0.15, 0.2) is 18.3 Å². The number of hydrazine groups is 1. The van der Waals surface area contributed by atoms with Crippen LogP contribution in [0.2, 0.25) is 0 Å². The van der Waals surface area contributed by atoms with Crippen molar-refractivity contribution in [2.75, 3.05) is 7.11 Å². The van der Waals surface area contributed by atoms with Gasteiger partial charge in [-0.05, 0) is 31.4 Å². The van der Waals surface area contributed by atoms with E-state index < -0.39 is 0 Å². The molecule has 0 aromatic carbocycles. The number of nitrogens with one attached hydrogen (secondary N) is 1. The van der Waals surface area contributed by atoms with E-state index in [2.05, 4.69) is 24.3 Å². The van der Waals surface area contributed by atoms with Crippen molar-refractivity contribution in [3.8, 4) is 0 Å². The number of ether oxygens (including phenoxy) is 1. The van der Waals surface area contributed by atoms with Crippen molar-refractivity contribution in [1.82, 2.24) is 10.4 Å². The van der Waals surface area contributed by atoms with Crippen molar-refractivity contribution in [3.63, 3.8) is 0 Å². The van der Waals surface area contributed by atoms with E-state index in [1.165, 1.54) is 0 Å². The second-order valence-corrected chi connectivity index (χ2v) is 4.31. The maximum Gasteiger partial charge on any atom is 0.0880 e. The quantitative estimate of drug-likeness (QED) is 0.587. The number of hydrogen-bond acceptors (Lipinski definition) is 4. The summed E-state index contributed by atoms with van der Waals surface area (Å²) < 4.78 is 5.70. The van der Waals surface area contributed by atoms with E-state index in [1.54, 1.807) is 7.11 Å². The number of methoxy groups -OCH3 is 1. The van der Waals surface area contributed by atoms with Crippen LogP contribution in [0.3, 0.4) is 0 Å². The molecule has 96 valence electrons.